The lowest BCUT2D eigenvalue weighted by Gasteiger charge is -2.14. The van der Waals surface area contributed by atoms with Crippen LogP contribution in [-0.2, 0) is 10.9 Å². The molecule has 0 aliphatic carbocycles. The van der Waals surface area contributed by atoms with Crippen LogP contribution in [0.3, 0.4) is 0 Å². The summed E-state index contributed by atoms with van der Waals surface area (Å²) in [4.78, 5) is 16.2. The normalized spacial score (nSPS) is 11.2. The van der Waals surface area contributed by atoms with Gasteiger partial charge < -0.3 is 15.4 Å². The van der Waals surface area contributed by atoms with E-state index < -0.39 is 17.6 Å². The van der Waals surface area contributed by atoms with Crippen LogP contribution in [0.25, 0.3) is 0 Å². The number of alkyl halides is 3. The van der Waals surface area contributed by atoms with Gasteiger partial charge in [-0.15, -0.1) is 0 Å². The first kappa shape index (κ1) is 19.0. The number of pyridine rings is 1. The molecule has 2 aromatic rings. The lowest BCUT2D eigenvalue weighted by atomic mass is 10.1. The number of ether oxygens (including phenoxy) is 1. The van der Waals surface area contributed by atoms with Crippen molar-refractivity contribution >= 4 is 29.0 Å². The van der Waals surface area contributed by atoms with Gasteiger partial charge in [0.1, 0.15) is 5.82 Å². The van der Waals surface area contributed by atoms with Gasteiger partial charge in [0, 0.05) is 24.9 Å². The molecule has 0 spiro atoms. The Balaban J connectivity index is 2.12. The van der Waals surface area contributed by atoms with E-state index in [0.29, 0.717) is 19.0 Å². The van der Waals surface area contributed by atoms with Crippen LogP contribution in [0.15, 0.2) is 36.5 Å². The van der Waals surface area contributed by atoms with Crippen molar-refractivity contribution in [3.8, 4) is 0 Å². The number of aromatic nitrogens is 1. The summed E-state index contributed by atoms with van der Waals surface area (Å²) in [5.74, 6) is -0.181. The van der Waals surface area contributed by atoms with E-state index in [-0.39, 0.29) is 16.3 Å². The first-order chi connectivity index (χ1) is 11.8. The largest absolute Gasteiger partial charge is 0.418 e. The number of carbonyl (C=O) groups is 1. The van der Waals surface area contributed by atoms with Crippen molar-refractivity contribution in [1.29, 1.82) is 0 Å². The third kappa shape index (κ3) is 5.33. The average Bonchev–Trinajstić information content (AvgIpc) is 2.56. The number of methoxy groups -OCH3 is 1. The van der Waals surface area contributed by atoms with Crippen molar-refractivity contribution in [1.82, 2.24) is 4.98 Å². The van der Waals surface area contributed by atoms with Crippen molar-refractivity contribution in [2.45, 2.75) is 6.18 Å². The number of carbonyl (C=O) groups excluding carboxylic acids is 1. The van der Waals surface area contributed by atoms with Crippen LogP contribution in [0.4, 0.5) is 24.7 Å². The predicted octanol–water partition coefficient (Wildman–Crippen LogP) is 4.06. The van der Waals surface area contributed by atoms with Gasteiger partial charge in [-0.25, -0.2) is 4.98 Å². The maximum atomic E-state index is 13.0. The van der Waals surface area contributed by atoms with E-state index >= 15 is 0 Å². The monoisotopic (exact) mass is 373 g/mol. The number of amides is 1. The van der Waals surface area contributed by atoms with Gasteiger partial charge in [0.05, 0.1) is 23.4 Å². The van der Waals surface area contributed by atoms with Crippen molar-refractivity contribution in [2.75, 3.05) is 30.9 Å². The van der Waals surface area contributed by atoms with Gasteiger partial charge in [-0.3, -0.25) is 4.79 Å². The minimum Gasteiger partial charge on any atom is -0.383 e. The standard InChI is InChI=1S/C16H15ClF3N3O2/c1-25-7-6-21-14-5-2-10(9-22-14)15(24)23-13-4-3-11(17)8-12(13)16(18,19)20/h2-5,8-9H,6-7H2,1H3,(H,21,22)(H,23,24). The summed E-state index contributed by atoms with van der Waals surface area (Å²) in [5, 5.41) is 5.13. The number of hydrogen-bond acceptors (Lipinski definition) is 4. The lowest BCUT2D eigenvalue weighted by molar-refractivity contribution is -0.136. The maximum absolute atomic E-state index is 13.0. The van der Waals surface area contributed by atoms with Gasteiger partial charge in [0.15, 0.2) is 0 Å². The molecule has 0 bridgehead atoms. The molecular weight excluding hydrogens is 359 g/mol. The van der Waals surface area contributed by atoms with Gasteiger partial charge in [0.2, 0.25) is 0 Å². The summed E-state index contributed by atoms with van der Waals surface area (Å²) in [5.41, 5.74) is -1.26. The molecule has 0 saturated carbocycles. The molecule has 0 atom stereocenters. The van der Waals surface area contributed by atoms with E-state index in [9.17, 15) is 18.0 Å². The summed E-state index contributed by atoms with van der Waals surface area (Å²) in [6.45, 7) is 1.02. The average molecular weight is 374 g/mol. The van der Waals surface area contributed by atoms with Crippen molar-refractivity contribution in [3.05, 3.63) is 52.7 Å². The summed E-state index contributed by atoms with van der Waals surface area (Å²) in [6.07, 6.45) is -3.37. The van der Waals surface area contributed by atoms with Crippen LogP contribution < -0.4 is 10.6 Å². The summed E-state index contributed by atoms with van der Waals surface area (Å²) >= 11 is 5.61. The van der Waals surface area contributed by atoms with Gasteiger partial charge >= 0.3 is 6.18 Å². The highest BCUT2D eigenvalue weighted by Gasteiger charge is 2.34. The fraction of sp³-hybridized carbons (Fsp3) is 0.250. The fourth-order valence-corrected chi connectivity index (χ4v) is 2.14. The van der Waals surface area contributed by atoms with Crippen LogP contribution in [-0.4, -0.2) is 31.2 Å². The highest BCUT2D eigenvalue weighted by molar-refractivity contribution is 6.30. The zero-order valence-electron chi connectivity index (χ0n) is 13.2. The number of nitrogens with one attached hydrogen (secondary N) is 2. The zero-order valence-corrected chi connectivity index (χ0v) is 13.9. The lowest BCUT2D eigenvalue weighted by Crippen LogP contribution is -2.17. The molecule has 1 heterocycles. The molecule has 0 saturated heterocycles. The molecule has 9 heteroatoms. The third-order valence-corrected chi connectivity index (χ3v) is 3.41. The van der Waals surface area contributed by atoms with Crippen molar-refractivity contribution in [3.63, 3.8) is 0 Å². The highest BCUT2D eigenvalue weighted by Crippen LogP contribution is 2.36. The van der Waals surface area contributed by atoms with Crippen LogP contribution in [0.5, 0.6) is 0 Å². The molecule has 25 heavy (non-hydrogen) atoms. The summed E-state index contributed by atoms with van der Waals surface area (Å²) in [6, 6.07) is 6.15. The number of anilines is 2. The zero-order chi connectivity index (χ0) is 18.4. The van der Waals surface area contributed by atoms with Crippen LogP contribution >= 0.6 is 11.6 Å². The molecule has 1 amide bonds. The predicted molar refractivity (Wildman–Crippen MR) is 89.0 cm³/mol. The number of rotatable bonds is 6. The smallest absolute Gasteiger partial charge is 0.383 e. The second kappa shape index (κ2) is 8.17. The van der Waals surface area contributed by atoms with Gasteiger partial charge in [-0.1, -0.05) is 11.6 Å². The van der Waals surface area contributed by atoms with Crippen LogP contribution in [0.1, 0.15) is 15.9 Å². The summed E-state index contributed by atoms with van der Waals surface area (Å²) < 4.78 is 44.0. The Morgan fingerprint density at radius 3 is 2.64 bits per heavy atom. The Hall–Kier alpha value is -2.32. The molecule has 1 aromatic heterocycles. The van der Waals surface area contributed by atoms with Gasteiger partial charge in [-0.05, 0) is 30.3 Å². The molecule has 134 valence electrons. The highest BCUT2D eigenvalue weighted by atomic mass is 35.5. The Morgan fingerprint density at radius 2 is 2.04 bits per heavy atom. The molecule has 1 aromatic carbocycles. The number of halogens is 4. The molecule has 2 rings (SSSR count). The fourth-order valence-electron chi connectivity index (χ4n) is 1.97. The Morgan fingerprint density at radius 1 is 1.28 bits per heavy atom. The van der Waals surface area contributed by atoms with E-state index in [1.165, 1.54) is 18.3 Å². The molecule has 0 aliphatic rings. The first-order valence-electron chi connectivity index (χ1n) is 7.18. The van der Waals surface area contributed by atoms with E-state index in [2.05, 4.69) is 15.6 Å². The van der Waals surface area contributed by atoms with Gasteiger partial charge in [0.25, 0.3) is 5.91 Å². The molecule has 0 aliphatic heterocycles. The van der Waals surface area contributed by atoms with E-state index in [1.807, 2.05) is 0 Å². The topological polar surface area (TPSA) is 63.2 Å². The van der Waals surface area contributed by atoms with Crippen LogP contribution in [0.2, 0.25) is 5.02 Å². The third-order valence-electron chi connectivity index (χ3n) is 3.17. The van der Waals surface area contributed by atoms with Crippen molar-refractivity contribution < 1.29 is 22.7 Å². The van der Waals surface area contributed by atoms with Gasteiger partial charge in [-0.2, -0.15) is 13.2 Å². The minimum absolute atomic E-state index is 0.0709. The quantitative estimate of drug-likeness (QED) is 0.749. The molecule has 5 nitrogen and oxygen atoms in total. The van der Waals surface area contributed by atoms with E-state index in [1.54, 1.807) is 13.2 Å². The van der Waals surface area contributed by atoms with E-state index in [0.717, 1.165) is 12.1 Å². The SMILES string of the molecule is COCCNc1ccc(C(=O)Nc2ccc(Cl)cc2C(F)(F)F)cn1. The number of hydrogen-bond donors (Lipinski definition) is 2. The summed E-state index contributed by atoms with van der Waals surface area (Å²) in [7, 11) is 1.56. The van der Waals surface area contributed by atoms with Crippen LogP contribution in [0, 0.1) is 0 Å². The Kier molecular flexibility index (Phi) is 6.22. The molecule has 0 fully saturated rings. The number of benzene rings is 1. The molecule has 2 N–H and O–H groups in total. The number of nitrogens with zero attached hydrogens (tertiary/aromatic N) is 1. The van der Waals surface area contributed by atoms with Crippen molar-refractivity contribution in [2.24, 2.45) is 0 Å². The minimum atomic E-state index is -4.64. The second-order valence-corrected chi connectivity index (χ2v) is 5.43. The molecule has 0 unspecified atom stereocenters. The Labute approximate surface area is 147 Å². The second-order valence-electron chi connectivity index (χ2n) is 4.99. The first-order valence-corrected chi connectivity index (χ1v) is 7.56. The molecular formula is C16H15ClF3N3O2. The molecule has 0 radical (unpaired) electrons. The van der Waals surface area contributed by atoms with E-state index in [4.69, 9.17) is 16.3 Å². The maximum Gasteiger partial charge on any atom is 0.418 e. The Bertz CT molecular complexity index is 736.